The lowest BCUT2D eigenvalue weighted by atomic mass is 10.2. The van der Waals surface area contributed by atoms with Gasteiger partial charge in [-0.15, -0.1) is 0 Å². The normalized spacial score (nSPS) is 14.3. The molecule has 0 spiro atoms. The number of carboxylic acids is 2. The van der Waals surface area contributed by atoms with Crippen molar-refractivity contribution in [2.45, 2.75) is 13.0 Å². The average molecular weight is 354 g/mol. The molecule has 1 aromatic carbocycles. The van der Waals surface area contributed by atoms with Crippen molar-refractivity contribution >= 4 is 11.9 Å². The van der Waals surface area contributed by atoms with Gasteiger partial charge in [0.25, 0.3) is 0 Å². The van der Waals surface area contributed by atoms with Crippen LogP contribution in [0.1, 0.15) is 12.0 Å². The quantitative estimate of drug-likeness (QED) is 0.484. The molecule has 0 amide bonds. The van der Waals surface area contributed by atoms with E-state index in [9.17, 15) is 0 Å². The Morgan fingerprint density at radius 1 is 1.20 bits per heavy atom. The second-order valence-corrected chi connectivity index (χ2v) is 5.41. The monoisotopic (exact) mass is 354 g/mol. The van der Waals surface area contributed by atoms with Crippen molar-refractivity contribution < 1.29 is 29.3 Å². The number of nitrogens with zero attached hydrogens (tertiary/aromatic N) is 1. The fraction of sp³-hybridized carbons (Fsp3) is 0.529. The summed E-state index contributed by atoms with van der Waals surface area (Å²) in [4.78, 5) is 20.7. The van der Waals surface area contributed by atoms with Crippen LogP contribution in [-0.4, -0.2) is 73.6 Å². The second kappa shape index (κ2) is 12.2. The number of carboxylic acid groups (broad SMARTS) is 2. The number of hydrogen-bond donors (Lipinski definition) is 3. The van der Waals surface area contributed by atoms with E-state index in [0.29, 0.717) is 0 Å². The molecular weight excluding hydrogens is 328 g/mol. The van der Waals surface area contributed by atoms with Gasteiger partial charge in [0.15, 0.2) is 0 Å². The van der Waals surface area contributed by atoms with Gasteiger partial charge in [-0.05, 0) is 25.6 Å². The van der Waals surface area contributed by atoms with E-state index in [1.54, 1.807) is 7.11 Å². The van der Waals surface area contributed by atoms with E-state index in [2.05, 4.69) is 16.3 Å². The zero-order chi connectivity index (χ0) is 18.5. The molecule has 8 heteroatoms. The lowest BCUT2D eigenvalue weighted by Crippen LogP contribution is -2.37. The first-order chi connectivity index (χ1) is 12.0. The van der Waals surface area contributed by atoms with E-state index in [1.807, 2.05) is 18.2 Å². The number of methoxy groups -OCH3 is 1. The van der Waals surface area contributed by atoms with E-state index < -0.39 is 11.9 Å². The van der Waals surface area contributed by atoms with Gasteiger partial charge in [0.2, 0.25) is 0 Å². The van der Waals surface area contributed by atoms with E-state index in [0.717, 1.165) is 51.7 Å². The first kappa shape index (κ1) is 20.9. The third-order valence-corrected chi connectivity index (χ3v) is 3.62. The highest BCUT2D eigenvalue weighted by Crippen LogP contribution is 2.16. The van der Waals surface area contributed by atoms with Gasteiger partial charge in [-0.25, -0.2) is 9.59 Å². The van der Waals surface area contributed by atoms with Crippen LogP contribution >= 0.6 is 0 Å². The average Bonchev–Trinajstić information content (AvgIpc) is 2.63. The zero-order valence-corrected chi connectivity index (χ0v) is 14.4. The minimum atomic E-state index is -1.82. The largest absolute Gasteiger partial charge is 0.496 e. The molecular formula is C17H26N2O6. The van der Waals surface area contributed by atoms with E-state index in [1.165, 1.54) is 12.0 Å². The van der Waals surface area contributed by atoms with Gasteiger partial charge in [-0.3, -0.25) is 4.90 Å². The first-order valence-corrected chi connectivity index (χ1v) is 8.13. The van der Waals surface area contributed by atoms with Crippen molar-refractivity contribution in [3.63, 3.8) is 0 Å². The van der Waals surface area contributed by atoms with E-state index in [-0.39, 0.29) is 0 Å². The number of ether oxygens (including phenoxy) is 2. The predicted molar refractivity (Wildman–Crippen MR) is 91.8 cm³/mol. The molecule has 1 aliphatic heterocycles. The van der Waals surface area contributed by atoms with Crippen LogP contribution in [0.3, 0.4) is 0 Å². The van der Waals surface area contributed by atoms with Gasteiger partial charge in [0, 0.05) is 25.2 Å². The van der Waals surface area contributed by atoms with Crippen LogP contribution in [0, 0.1) is 0 Å². The zero-order valence-electron chi connectivity index (χ0n) is 14.4. The molecule has 3 N–H and O–H groups in total. The Kier molecular flexibility index (Phi) is 10.2. The van der Waals surface area contributed by atoms with Crippen LogP contribution in [0.4, 0.5) is 0 Å². The van der Waals surface area contributed by atoms with Crippen molar-refractivity contribution in [1.82, 2.24) is 10.2 Å². The number of para-hydroxylation sites is 1. The lowest BCUT2D eigenvalue weighted by molar-refractivity contribution is -0.159. The third kappa shape index (κ3) is 9.04. The fourth-order valence-corrected chi connectivity index (χ4v) is 2.32. The summed E-state index contributed by atoms with van der Waals surface area (Å²) < 4.78 is 10.7. The maximum atomic E-state index is 9.10. The van der Waals surface area contributed by atoms with E-state index in [4.69, 9.17) is 29.3 Å². The summed E-state index contributed by atoms with van der Waals surface area (Å²) in [7, 11) is 1.72. The molecule has 8 nitrogen and oxygen atoms in total. The molecule has 140 valence electrons. The molecule has 1 saturated heterocycles. The molecule has 0 aromatic heterocycles. The third-order valence-electron chi connectivity index (χ3n) is 3.62. The maximum Gasteiger partial charge on any atom is 0.414 e. The molecule has 1 heterocycles. The highest BCUT2D eigenvalue weighted by molar-refractivity contribution is 6.27. The smallest absolute Gasteiger partial charge is 0.414 e. The van der Waals surface area contributed by atoms with Gasteiger partial charge in [0.1, 0.15) is 5.75 Å². The molecule has 0 atom stereocenters. The molecule has 25 heavy (non-hydrogen) atoms. The van der Waals surface area contributed by atoms with Crippen molar-refractivity contribution in [3.8, 4) is 5.75 Å². The number of benzene rings is 1. The summed E-state index contributed by atoms with van der Waals surface area (Å²) in [5.41, 5.74) is 1.22. The first-order valence-electron chi connectivity index (χ1n) is 8.13. The molecule has 1 aliphatic rings. The number of morpholine rings is 1. The van der Waals surface area contributed by atoms with Crippen LogP contribution in [0.2, 0.25) is 0 Å². The summed E-state index contributed by atoms with van der Waals surface area (Å²) in [6.45, 7) is 6.98. The van der Waals surface area contributed by atoms with Crippen LogP contribution < -0.4 is 10.1 Å². The van der Waals surface area contributed by atoms with Gasteiger partial charge in [-0.2, -0.15) is 0 Å². The molecule has 2 rings (SSSR count). The Hall–Kier alpha value is -2.16. The molecule has 0 saturated carbocycles. The molecule has 0 unspecified atom stereocenters. The molecule has 0 radical (unpaired) electrons. The lowest BCUT2D eigenvalue weighted by Gasteiger charge is -2.26. The number of rotatable bonds is 7. The predicted octanol–water partition coefficient (Wildman–Crippen LogP) is 0.663. The highest BCUT2D eigenvalue weighted by Gasteiger charge is 2.09. The Labute approximate surface area is 147 Å². The molecule has 1 fully saturated rings. The summed E-state index contributed by atoms with van der Waals surface area (Å²) in [6, 6.07) is 8.16. The maximum absolute atomic E-state index is 9.10. The number of nitrogens with one attached hydrogen (secondary N) is 1. The fourth-order valence-electron chi connectivity index (χ4n) is 2.32. The molecule has 0 bridgehead atoms. The van der Waals surface area contributed by atoms with Crippen LogP contribution in [0.5, 0.6) is 5.75 Å². The Morgan fingerprint density at radius 2 is 1.84 bits per heavy atom. The summed E-state index contributed by atoms with van der Waals surface area (Å²) in [5, 5.41) is 18.3. The Morgan fingerprint density at radius 3 is 2.44 bits per heavy atom. The summed E-state index contributed by atoms with van der Waals surface area (Å²) in [6.07, 6.45) is 1.18. The summed E-state index contributed by atoms with van der Waals surface area (Å²) in [5.74, 6) is -2.69. The van der Waals surface area contributed by atoms with E-state index >= 15 is 0 Å². The second-order valence-electron chi connectivity index (χ2n) is 5.41. The molecule has 0 aliphatic carbocycles. The Bertz CT molecular complexity index is 520. The van der Waals surface area contributed by atoms with Crippen LogP contribution in [0.25, 0.3) is 0 Å². The van der Waals surface area contributed by atoms with Gasteiger partial charge < -0.3 is 25.0 Å². The number of carbonyl (C=O) groups is 2. The van der Waals surface area contributed by atoms with Gasteiger partial charge >= 0.3 is 11.9 Å². The van der Waals surface area contributed by atoms with Crippen molar-refractivity contribution in [1.29, 1.82) is 0 Å². The van der Waals surface area contributed by atoms with Gasteiger partial charge in [0.05, 0.1) is 20.3 Å². The number of aliphatic carboxylic acids is 2. The topological polar surface area (TPSA) is 108 Å². The number of hydrogen-bond acceptors (Lipinski definition) is 6. The van der Waals surface area contributed by atoms with Crippen molar-refractivity contribution in [3.05, 3.63) is 29.8 Å². The van der Waals surface area contributed by atoms with Gasteiger partial charge in [-0.1, -0.05) is 18.2 Å². The van der Waals surface area contributed by atoms with Crippen LogP contribution in [-0.2, 0) is 20.9 Å². The minimum absolute atomic E-state index is 0.868. The summed E-state index contributed by atoms with van der Waals surface area (Å²) >= 11 is 0. The Balaban J connectivity index is 0.000000450. The molecule has 1 aromatic rings. The van der Waals surface area contributed by atoms with Crippen molar-refractivity contribution in [2.24, 2.45) is 0 Å². The standard InChI is InChI=1S/C15H24N2O2.C2H2O4/c1-18-15-6-3-2-5-14(15)13-16-7-4-8-17-9-11-19-12-10-17;3-1(4)2(5)6/h2-3,5-6,16H,4,7-13H2,1H3;(H,3,4)(H,5,6). The minimum Gasteiger partial charge on any atom is -0.496 e. The van der Waals surface area contributed by atoms with Crippen molar-refractivity contribution in [2.75, 3.05) is 46.5 Å². The highest BCUT2D eigenvalue weighted by atomic mass is 16.5. The van der Waals surface area contributed by atoms with Crippen LogP contribution in [0.15, 0.2) is 24.3 Å². The SMILES string of the molecule is COc1ccccc1CNCCCN1CCOCC1.O=C(O)C(=O)O.